The van der Waals surface area contributed by atoms with Gasteiger partial charge < -0.3 is 4.74 Å². The van der Waals surface area contributed by atoms with E-state index >= 15 is 0 Å². The number of methoxy groups -OCH3 is 1. The van der Waals surface area contributed by atoms with Gasteiger partial charge in [0.05, 0.1) is 30.9 Å². The summed E-state index contributed by atoms with van der Waals surface area (Å²) in [5, 5.41) is 8.92. The molecule has 0 unspecified atom stereocenters. The van der Waals surface area contributed by atoms with Gasteiger partial charge in [-0.1, -0.05) is 36.4 Å². The van der Waals surface area contributed by atoms with E-state index in [1.165, 1.54) is 7.11 Å². The smallest absolute Gasteiger partial charge is 0.328 e. The van der Waals surface area contributed by atoms with Gasteiger partial charge in [0.1, 0.15) is 0 Å². The quantitative estimate of drug-likeness (QED) is 0.641. The number of benzene rings is 2. The molecule has 142 valence electrons. The lowest BCUT2D eigenvalue weighted by Gasteiger charge is -2.07. The SMILES string of the molecule is COC(=O)CCn1c(C)c(-c2ccc(-c3ccc(C#N)cc3)cc2)n(C)c1=O. The van der Waals surface area contributed by atoms with Crippen LogP contribution in [0.25, 0.3) is 22.4 Å². The molecule has 0 N–H and O–H groups in total. The molecule has 2 aromatic carbocycles. The normalized spacial score (nSPS) is 10.5. The van der Waals surface area contributed by atoms with Crippen LogP contribution in [0.3, 0.4) is 0 Å². The maximum absolute atomic E-state index is 12.6. The topological polar surface area (TPSA) is 77.0 Å². The van der Waals surface area contributed by atoms with Crippen LogP contribution < -0.4 is 5.69 Å². The first-order valence-electron chi connectivity index (χ1n) is 8.90. The van der Waals surface area contributed by atoms with Gasteiger partial charge in [0.2, 0.25) is 0 Å². The van der Waals surface area contributed by atoms with Crippen molar-refractivity contribution in [2.75, 3.05) is 7.11 Å². The van der Waals surface area contributed by atoms with Crippen LogP contribution in [0.1, 0.15) is 17.7 Å². The summed E-state index contributed by atoms with van der Waals surface area (Å²) in [5.74, 6) is -0.344. The third-order valence-corrected chi connectivity index (χ3v) is 4.87. The summed E-state index contributed by atoms with van der Waals surface area (Å²) in [4.78, 5) is 24.0. The van der Waals surface area contributed by atoms with Crippen molar-refractivity contribution < 1.29 is 9.53 Å². The zero-order valence-corrected chi connectivity index (χ0v) is 16.1. The van der Waals surface area contributed by atoms with Gasteiger partial charge >= 0.3 is 11.7 Å². The zero-order chi connectivity index (χ0) is 20.3. The molecule has 1 heterocycles. The summed E-state index contributed by atoms with van der Waals surface area (Å²) < 4.78 is 7.86. The summed E-state index contributed by atoms with van der Waals surface area (Å²) in [5.41, 5.74) is 5.06. The van der Waals surface area contributed by atoms with Crippen LogP contribution >= 0.6 is 0 Å². The van der Waals surface area contributed by atoms with Crippen LogP contribution in [0.15, 0.2) is 53.3 Å². The molecule has 0 saturated carbocycles. The Morgan fingerprint density at radius 1 is 1.04 bits per heavy atom. The minimum Gasteiger partial charge on any atom is -0.469 e. The molecule has 0 aliphatic rings. The summed E-state index contributed by atoms with van der Waals surface area (Å²) in [6, 6.07) is 17.5. The third-order valence-electron chi connectivity index (χ3n) is 4.87. The molecule has 0 aliphatic heterocycles. The monoisotopic (exact) mass is 375 g/mol. The van der Waals surface area contributed by atoms with Crippen molar-refractivity contribution in [2.45, 2.75) is 19.9 Å². The van der Waals surface area contributed by atoms with Crippen molar-refractivity contribution in [1.29, 1.82) is 5.26 Å². The van der Waals surface area contributed by atoms with E-state index < -0.39 is 0 Å². The molecule has 0 bridgehead atoms. The Morgan fingerprint density at radius 3 is 2.11 bits per heavy atom. The molecule has 0 atom stereocenters. The second-order valence-electron chi connectivity index (χ2n) is 6.52. The fourth-order valence-electron chi connectivity index (χ4n) is 3.32. The zero-order valence-electron chi connectivity index (χ0n) is 16.1. The number of nitrogens with zero attached hydrogens (tertiary/aromatic N) is 3. The van der Waals surface area contributed by atoms with Crippen molar-refractivity contribution in [1.82, 2.24) is 9.13 Å². The number of aromatic nitrogens is 2. The fourth-order valence-corrected chi connectivity index (χ4v) is 3.32. The molecule has 6 nitrogen and oxygen atoms in total. The van der Waals surface area contributed by atoms with Crippen molar-refractivity contribution >= 4 is 5.97 Å². The highest BCUT2D eigenvalue weighted by Gasteiger charge is 2.16. The fraction of sp³-hybridized carbons (Fsp3) is 0.227. The van der Waals surface area contributed by atoms with Crippen molar-refractivity contribution in [3.8, 4) is 28.5 Å². The van der Waals surface area contributed by atoms with E-state index in [4.69, 9.17) is 5.26 Å². The lowest BCUT2D eigenvalue weighted by molar-refractivity contribution is -0.140. The first kappa shape index (κ1) is 19.2. The van der Waals surface area contributed by atoms with Crippen molar-refractivity contribution in [2.24, 2.45) is 7.05 Å². The molecule has 0 radical (unpaired) electrons. The summed E-state index contributed by atoms with van der Waals surface area (Å²) in [6.45, 7) is 2.16. The number of hydrogen-bond donors (Lipinski definition) is 0. The Bertz CT molecular complexity index is 1100. The van der Waals surface area contributed by atoms with Gasteiger partial charge in [-0.3, -0.25) is 13.9 Å². The molecule has 6 heteroatoms. The summed E-state index contributed by atoms with van der Waals surface area (Å²) >= 11 is 0. The average molecular weight is 375 g/mol. The number of carbonyl (C=O) groups is 1. The predicted octanol–water partition coefficient (Wildman–Crippen LogP) is 3.26. The van der Waals surface area contributed by atoms with Crippen LogP contribution in [-0.2, 0) is 23.1 Å². The molecular weight excluding hydrogens is 354 g/mol. The van der Waals surface area contributed by atoms with Crippen LogP contribution in [0.4, 0.5) is 0 Å². The molecule has 3 aromatic rings. The van der Waals surface area contributed by atoms with Crippen LogP contribution in [0.5, 0.6) is 0 Å². The minimum absolute atomic E-state index is 0.151. The van der Waals surface area contributed by atoms with Gasteiger partial charge in [0, 0.05) is 24.8 Å². The van der Waals surface area contributed by atoms with Gasteiger partial charge in [-0.2, -0.15) is 5.26 Å². The van der Waals surface area contributed by atoms with Crippen LogP contribution in [0.2, 0.25) is 0 Å². The lowest BCUT2D eigenvalue weighted by Crippen LogP contribution is -2.24. The number of esters is 1. The standard InChI is InChI=1S/C22H21N3O3/c1-15-21(24(2)22(27)25(15)13-12-20(26)28-3)19-10-8-18(9-11-19)17-6-4-16(14-23)5-7-17/h4-11H,12-13H2,1-3H3. The number of nitriles is 1. The molecular formula is C22H21N3O3. The summed E-state index contributed by atoms with van der Waals surface area (Å²) in [6.07, 6.45) is 0.151. The van der Waals surface area contributed by atoms with Gasteiger partial charge in [0.15, 0.2) is 0 Å². The molecule has 1 aromatic heterocycles. The Morgan fingerprint density at radius 2 is 1.57 bits per heavy atom. The average Bonchev–Trinajstić information content (AvgIpc) is 2.94. The van der Waals surface area contributed by atoms with Crippen molar-refractivity contribution in [3.05, 3.63) is 70.3 Å². The first-order valence-corrected chi connectivity index (χ1v) is 8.90. The molecule has 0 fully saturated rings. The Balaban J connectivity index is 1.92. The number of rotatable bonds is 5. The summed E-state index contributed by atoms with van der Waals surface area (Å²) in [7, 11) is 3.07. The van der Waals surface area contributed by atoms with E-state index in [1.807, 2.05) is 43.3 Å². The molecule has 3 rings (SSSR count). The third kappa shape index (κ3) is 3.60. The number of imidazole rings is 1. The molecule has 0 aliphatic carbocycles. The number of hydrogen-bond acceptors (Lipinski definition) is 4. The van der Waals surface area contributed by atoms with E-state index in [0.717, 1.165) is 28.1 Å². The van der Waals surface area contributed by atoms with Gasteiger partial charge in [-0.25, -0.2) is 4.79 Å². The van der Waals surface area contributed by atoms with Crippen LogP contribution in [-0.4, -0.2) is 22.2 Å². The highest BCUT2D eigenvalue weighted by molar-refractivity contribution is 5.71. The van der Waals surface area contributed by atoms with Gasteiger partial charge in [-0.15, -0.1) is 0 Å². The van der Waals surface area contributed by atoms with Crippen LogP contribution in [0, 0.1) is 18.3 Å². The van der Waals surface area contributed by atoms with E-state index in [1.54, 1.807) is 28.3 Å². The van der Waals surface area contributed by atoms with E-state index in [2.05, 4.69) is 10.8 Å². The number of carbonyl (C=O) groups excluding carboxylic acids is 1. The predicted molar refractivity (Wildman–Crippen MR) is 107 cm³/mol. The molecule has 28 heavy (non-hydrogen) atoms. The maximum Gasteiger partial charge on any atom is 0.328 e. The minimum atomic E-state index is -0.344. The largest absolute Gasteiger partial charge is 0.469 e. The Hall–Kier alpha value is -3.59. The molecule has 0 saturated heterocycles. The highest BCUT2D eigenvalue weighted by Crippen LogP contribution is 2.26. The molecule has 0 spiro atoms. The van der Waals surface area contributed by atoms with Gasteiger partial charge in [0.25, 0.3) is 0 Å². The van der Waals surface area contributed by atoms with Gasteiger partial charge in [-0.05, 0) is 30.2 Å². The van der Waals surface area contributed by atoms with Crippen molar-refractivity contribution in [3.63, 3.8) is 0 Å². The Kier molecular flexibility index (Phi) is 5.46. The van der Waals surface area contributed by atoms with E-state index in [0.29, 0.717) is 5.56 Å². The lowest BCUT2D eigenvalue weighted by atomic mass is 10.0. The van der Waals surface area contributed by atoms with E-state index in [-0.39, 0.29) is 24.6 Å². The first-order chi connectivity index (χ1) is 13.5. The number of ether oxygens (including phenoxy) is 1. The van der Waals surface area contributed by atoms with E-state index in [9.17, 15) is 9.59 Å². The second kappa shape index (κ2) is 7.97. The second-order valence-corrected chi connectivity index (χ2v) is 6.52. The maximum atomic E-state index is 12.6. The highest BCUT2D eigenvalue weighted by atomic mass is 16.5. The Labute approximate surface area is 163 Å². The molecule has 0 amide bonds.